The van der Waals surface area contributed by atoms with E-state index in [-0.39, 0.29) is 17.9 Å². The van der Waals surface area contributed by atoms with Gasteiger partial charge in [-0.2, -0.15) is 13.2 Å². The van der Waals surface area contributed by atoms with Crippen molar-refractivity contribution in [3.63, 3.8) is 0 Å². The van der Waals surface area contributed by atoms with Gasteiger partial charge in [0.25, 0.3) is 5.60 Å². The summed E-state index contributed by atoms with van der Waals surface area (Å²) < 4.78 is 44.7. The van der Waals surface area contributed by atoms with E-state index in [1.165, 1.54) is 19.9 Å². The van der Waals surface area contributed by atoms with Crippen molar-refractivity contribution in [1.82, 2.24) is 0 Å². The Labute approximate surface area is 159 Å². The normalized spacial score (nSPS) is 13.4. The minimum absolute atomic E-state index is 0.213. The molecule has 2 aromatic carbocycles. The molecule has 0 saturated heterocycles. The van der Waals surface area contributed by atoms with Crippen molar-refractivity contribution in [2.75, 3.05) is 17.2 Å². The fourth-order valence-corrected chi connectivity index (χ4v) is 2.47. The molecule has 0 aliphatic rings. The number of hydrogen-bond acceptors (Lipinski definition) is 4. The molecule has 150 valence electrons. The number of alkyl halides is 3. The van der Waals surface area contributed by atoms with Crippen molar-refractivity contribution in [2.45, 2.75) is 25.6 Å². The highest BCUT2D eigenvalue weighted by Crippen LogP contribution is 2.41. The molecule has 0 aliphatic carbocycles. The molecule has 0 aliphatic heterocycles. The zero-order valence-corrected chi connectivity index (χ0v) is 15.1. The van der Waals surface area contributed by atoms with E-state index in [9.17, 15) is 27.9 Å². The van der Waals surface area contributed by atoms with Gasteiger partial charge in [0.1, 0.15) is 0 Å². The van der Waals surface area contributed by atoms with Gasteiger partial charge in [-0.15, -0.1) is 0 Å². The zero-order valence-electron chi connectivity index (χ0n) is 15.1. The van der Waals surface area contributed by atoms with Crippen LogP contribution in [0.5, 0.6) is 0 Å². The van der Waals surface area contributed by atoms with Crippen LogP contribution in [0.1, 0.15) is 18.1 Å². The third kappa shape index (κ3) is 4.42. The number of aliphatic hydroxyl groups is 1. The smallest absolute Gasteiger partial charge is 0.432 e. The van der Waals surface area contributed by atoms with Crippen molar-refractivity contribution in [3.05, 3.63) is 59.7 Å². The van der Waals surface area contributed by atoms with Crippen LogP contribution in [-0.2, 0) is 15.1 Å². The molecule has 2 rings (SSSR count). The van der Waals surface area contributed by atoms with Gasteiger partial charge in [0.15, 0.2) is 0 Å². The van der Waals surface area contributed by atoms with Gasteiger partial charge in [0.2, 0.25) is 0 Å². The minimum atomic E-state index is -5.29. The standard InChI is InChI=1S/C19H19F3N2O4/c1-3-28-16(25)18(27,19(20,21)22)13-9-10-15(12(2)11-13)24-17(26)23-14-7-5-4-6-8-14/h4-11,27H,3H2,1-2H3,(H2,23,24,26)/t18-/m1/s1. The highest BCUT2D eigenvalue weighted by atomic mass is 19.4. The molecule has 0 bridgehead atoms. The summed E-state index contributed by atoms with van der Waals surface area (Å²) in [4.78, 5) is 23.9. The first-order valence-electron chi connectivity index (χ1n) is 8.30. The zero-order chi connectivity index (χ0) is 20.9. The minimum Gasteiger partial charge on any atom is -0.463 e. The number of para-hydroxylation sites is 1. The molecule has 28 heavy (non-hydrogen) atoms. The largest absolute Gasteiger partial charge is 0.463 e. The van der Waals surface area contributed by atoms with E-state index in [1.807, 2.05) is 0 Å². The third-order valence-corrected chi connectivity index (χ3v) is 3.91. The first-order valence-corrected chi connectivity index (χ1v) is 8.30. The lowest BCUT2D eigenvalue weighted by atomic mass is 9.91. The second kappa shape index (κ2) is 8.30. The van der Waals surface area contributed by atoms with E-state index in [2.05, 4.69) is 15.4 Å². The van der Waals surface area contributed by atoms with E-state index in [1.54, 1.807) is 30.3 Å². The average Bonchev–Trinajstić information content (AvgIpc) is 2.62. The highest BCUT2D eigenvalue weighted by molar-refractivity contribution is 6.00. The van der Waals surface area contributed by atoms with Gasteiger partial charge < -0.3 is 20.5 Å². The number of urea groups is 1. The monoisotopic (exact) mass is 396 g/mol. The van der Waals surface area contributed by atoms with Crippen molar-refractivity contribution in [2.24, 2.45) is 0 Å². The van der Waals surface area contributed by atoms with Gasteiger partial charge in [0, 0.05) is 16.9 Å². The van der Waals surface area contributed by atoms with Crippen LogP contribution in [0.25, 0.3) is 0 Å². The summed E-state index contributed by atoms with van der Waals surface area (Å²) >= 11 is 0. The fourth-order valence-electron chi connectivity index (χ4n) is 2.47. The number of halogens is 3. The van der Waals surface area contributed by atoms with Crippen LogP contribution < -0.4 is 10.6 Å². The maximum Gasteiger partial charge on any atom is 0.432 e. The molecule has 9 heteroatoms. The van der Waals surface area contributed by atoms with E-state index >= 15 is 0 Å². The highest BCUT2D eigenvalue weighted by Gasteiger charge is 2.62. The van der Waals surface area contributed by atoms with Gasteiger partial charge in [0.05, 0.1) is 6.61 Å². The lowest BCUT2D eigenvalue weighted by Gasteiger charge is -2.29. The second-order valence-corrected chi connectivity index (χ2v) is 5.90. The van der Waals surface area contributed by atoms with Crippen LogP contribution in [0, 0.1) is 6.92 Å². The number of aryl methyl sites for hydroxylation is 1. The number of hydrogen-bond donors (Lipinski definition) is 3. The fraction of sp³-hybridized carbons (Fsp3) is 0.263. The molecule has 1 atom stereocenters. The Morgan fingerprint density at radius 1 is 1.07 bits per heavy atom. The predicted molar refractivity (Wildman–Crippen MR) is 96.8 cm³/mol. The Kier molecular flexibility index (Phi) is 6.30. The Balaban J connectivity index is 2.26. The molecule has 3 N–H and O–H groups in total. The number of benzene rings is 2. The quantitative estimate of drug-likeness (QED) is 0.668. The van der Waals surface area contributed by atoms with Crippen LogP contribution in [0.3, 0.4) is 0 Å². The number of esters is 1. The number of ether oxygens (including phenoxy) is 1. The molecule has 0 aromatic heterocycles. The summed E-state index contributed by atoms with van der Waals surface area (Å²) in [6, 6.07) is 11.0. The number of nitrogens with one attached hydrogen (secondary N) is 2. The number of rotatable bonds is 5. The maximum atomic E-state index is 13.4. The summed E-state index contributed by atoms with van der Waals surface area (Å²) in [5.74, 6) is -1.82. The number of carbonyl (C=O) groups is 2. The SMILES string of the molecule is CCOC(=O)[C@](O)(c1ccc(NC(=O)Nc2ccccc2)c(C)c1)C(F)(F)F. The Morgan fingerprint density at radius 3 is 2.25 bits per heavy atom. The molecule has 2 aromatic rings. The van der Waals surface area contributed by atoms with Crippen LogP contribution in [-0.4, -0.2) is 29.9 Å². The van der Waals surface area contributed by atoms with Crippen molar-refractivity contribution < 1.29 is 32.6 Å². The van der Waals surface area contributed by atoms with Gasteiger partial charge >= 0.3 is 18.2 Å². The lowest BCUT2D eigenvalue weighted by Crippen LogP contribution is -2.50. The molecule has 2 amide bonds. The van der Waals surface area contributed by atoms with E-state index in [4.69, 9.17) is 0 Å². The Bertz CT molecular complexity index is 856. The predicted octanol–water partition coefficient (Wildman–Crippen LogP) is 3.95. The van der Waals surface area contributed by atoms with Gasteiger partial charge in [-0.3, -0.25) is 0 Å². The summed E-state index contributed by atoms with van der Waals surface area (Å²) in [6.07, 6.45) is -5.29. The first kappa shape index (κ1) is 21.2. The summed E-state index contributed by atoms with van der Waals surface area (Å²) in [5, 5.41) is 15.2. The lowest BCUT2D eigenvalue weighted by molar-refractivity contribution is -0.267. The Hall–Kier alpha value is -3.07. The molecule has 6 nitrogen and oxygen atoms in total. The van der Waals surface area contributed by atoms with Crippen LogP contribution in [0.4, 0.5) is 29.3 Å². The maximum absolute atomic E-state index is 13.4. The topological polar surface area (TPSA) is 87.7 Å². The molecule has 0 radical (unpaired) electrons. The molecule has 0 heterocycles. The number of carbonyl (C=O) groups excluding carboxylic acids is 2. The van der Waals surface area contributed by atoms with Gasteiger partial charge in [-0.25, -0.2) is 9.59 Å². The third-order valence-electron chi connectivity index (χ3n) is 3.91. The molecule has 0 spiro atoms. The van der Waals surface area contributed by atoms with Crippen molar-refractivity contribution in [3.8, 4) is 0 Å². The second-order valence-electron chi connectivity index (χ2n) is 5.90. The van der Waals surface area contributed by atoms with Gasteiger partial charge in [-0.1, -0.05) is 30.3 Å². The summed E-state index contributed by atoms with van der Waals surface area (Å²) in [7, 11) is 0. The Morgan fingerprint density at radius 2 is 1.71 bits per heavy atom. The van der Waals surface area contributed by atoms with E-state index in [0.29, 0.717) is 5.69 Å². The molecule has 0 saturated carbocycles. The van der Waals surface area contributed by atoms with Crippen LogP contribution in [0.2, 0.25) is 0 Å². The van der Waals surface area contributed by atoms with Gasteiger partial charge in [-0.05, 0) is 37.6 Å². The van der Waals surface area contributed by atoms with Crippen molar-refractivity contribution >= 4 is 23.4 Å². The van der Waals surface area contributed by atoms with Crippen molar-refractivity contribution in [1.29, 1.82) is 0 Å². The number of amides is 2. The van der Waals surface area contributed by atoms with Crippen LogP contribution in [0.15, 0.2) is 48.5 Å². The number of anilines is 2. The average molecular weight is 396 g/mol. The molecule has 0 fully saturated rings. The summed E-state index contributed by atoms with van der Waals surface area (Å²) in [5.41, 5.74) is -3.55. The summed E-state index contributed by atoms with van der Waals surface area (Å²) in [6.45, 7) is 2.44. The molecule has 0 unspecified atom stereocenters. The van der Waals surface area contributed by atoms with Crippen LogP contribution >= 0.6 is 0 Å². The van der Waals surface area contributed by atoms with E-state index < -0.39 is 29.3 Å². The first-order chi connectivity index (χ1) is 13.1. The molecular formula is C19H19F3N2O4. The molecular weight excluding hydrogens is 377 g/mol. The van der Waals surface area contributed by atoms with E-state index in [0.717, 1.165) is 12.1 Å².